The van der Waals surface area contributed by atoms with Crippen molar-refractivity contribution < 1.29 is 18.8 Å². The molecule has 0 atom stereocenters. The minimum atomic E-state index is -0.374. The van der Waals surface area contributed by atoms with Crippen LogP contribution in [0.1, 0.15) is 5.56 Å². The number of thioether (sulfide) groups is 1. The van der Waals surface area contributed by atoms with Gasteiger partial charge in [0, 0.05) is 19.2 Å². The number of carbonyl (C=O) groups is 3. The molecular weight excluding hydrogens is 295 g/mol. The zero-order chi connectivity index (χ0) is 15.2. The fourth-order valence-electron chi connectivity index (χ4n) is 1.73. The van der Waals surface area contributed by atoms with Crippen molar-refractivity contribution in [3.63, 3.8) is 0 Å². The van der Waals surface area contributed by atoms with Gasteiger partial charge < -0.3 is 5.32 Å². The molecule has 1 saturated heterocycles. The van der Waals surface area contributed by atoms with Crippen molar-refractivity contribution in [2.45, 2.75) is 0 Å². The maximum absolute atomic E-state index is 12.9. The van der Waals surface area contributed by atoms with E-state index in [9.17, 15) is 18.8 Å². The van der Waals surface area contributed by atoms with Gasteiger partial charge in [-0.2, -0.15) is 0 Å². The lowest BCUT2D eigenvalue weighted by molar-refractivity contribution is -0.125. The predicted octanol–water partition coefficient (Wildman–Crippen LogP) is 1.65. The smallest absolute Gasteiger partial charge is 0.288 e. The molecule has 1 aromatic carbocycles. The van der Waals surface area contributed by atoms with Gasteiger partial charge in [-0.1, -0.05) is 23.9 Å². The quantitative estimate of drug-likeness (QED) is 0.840. The van der Waals surface area contributed by atoms with Crippen LogP contribution in [0.25, 0.3) is 6.08 Å². The van der Waals surface area contributed by atoms with Crippen LogP contribution in [-0.2, 0) is 9.59 Å². The molecule has 0 saturated carbocycles. The third-order valence-corrected chi connectivity index (χ3v) is 3.61. The SMILES string of the molecule is O=C(/C=C/c1cccc(F)c1)NCCN1C(=O)CSC1=O. The highest BCUT2D eigenvalue weighted by molar-refractivity contribution is 8.14. The number of carbonyl (C=O) groups excluding carboxylic acids is 3. The van der Waals surface area contributed by atoms with Crippen molar-refractivity contribution in [3.8, 4) is 0 Å². The van der Waals surface area contributed by atoms with Crippen molar-refractivity contribution in [1.82, 2.24) is 10.2 Å². The average molecular weight is 308 g/mol. The first kappa shape index (κ1) is 15.2. The van der Waals surface area contributed by atoms with E-state index < -0.39 is 0 Å². The van der Waals surface area contributed by atoms with E-state index >= 15 is 0 Å². The number of amides is 3. The van der Waals surface area contributed by atoms with Gasteiger partial charge in [0.2, 0.25) is 11.8 Å². The summed E-state index contributed by atoms with van der Waals surface area (Å²) in [6.45, 7) is 0.342. The number of hydrogen-bond acceptors (Lipinski definition) is 4. The molecule has 0 aromatic heterocycles. The first-order valence-electron chi connectivity index (χ1n) is 6.25. The largest absolute Gasteiger partial charge is 0.351 e. The molecule has 1 heterocycles. The topological polar surface area (TPSA) is 66.5 Å². The van der Waals surface area contributed by atoms with Crippen molar-refractivity contribution in [2.24, 2.45) is 0 Å². The zero-order valence-corrected chi connectivity index (χ0v) is 11.9. The Morgan fingerprint density at radius 1 is 1.43 bits per heavy atom. The molecule has 0 unspecified atom stereocenters. The maximum Gasteiger partial charge on any atom is 0.288 e. The average Bonchev–Trinajstić information content (AvgIpc) is 2.77. The van der Waals surface area contributed by atoms with E-state index in [-0.39, 0.29) is 41.7 Å². The summed E-state index contributed by atoms with van der Waals surface area (Å²) in [6.07, 6.45) is 2.76. The molecule has 3 amide bonds. The molecule has 2 rings (SSSR count). The monoisotopic (exact) mass is 308 g/mol. The fourth-order valence-corrected chi connectivity index (χ4v) is 2.48. The highest BCUT2D eigenvalue weighted by atomic mass is 32.2. The summed E-state index contributed by atoms with van der Waals surface area (Å²) < 4.78 is 12.9. The molecule has 1 aromatic rings. The standard InChI is InChI=1S/C14H13FN2O3S/c15-11-3-1-2-10(8-11)4-5-12(18)16-6-7-17-13(19)9-21-14(17)20/h1-5,8H,6-7,9H2,(H,16,18)/b5-4+. The van der Waals surface area contributed by atoms with Crippen LogP contribution in [0.2, 0.25) is 0 Å². The second-order valence-corrected chi connectivity index (χ2v) is 5.21. The highest BCUT2D eigenvalue weighted by Crippen LogP contribution is 2.17. The van der Waals surface area contributed by atoms with Crippen LogP contribution in [0, 0.1) is 5.82 Å². The summed E-state index contributed by atoms with van der Waals surface area (Å²) in [5, 5.41) is 2.27. The number of hydrogen-bond donors (Lipinski definition) is 1. The fraction of sp³-hybridized carbons (Fsp3) is 0.214. The second kappa shape index (κ2) is 7.03. The Morgan fingerprint density at radius 2 is 2.24 bits per heavy atom. The molecule has 0 bridgehead atoms. The lowest BCUT2D eigenvalue weighted by Gasteiger charge is -2.12. The van der Waals surface area contributed by atoms with E-state index in [0.29, 0.717) is 5.56 Å². The molecule has 1 aliphatic rings. The van der Waals surface area contributed by atoms with Gasteiger partial charge in [0.15, 0.2) is 0 Å². The van der Waals surface area contributed by atoms with E-state index in [4.69, 9.17) is 0 Å². The number of halogens is 1. The van der Waals surface area contributed by atoms with Crippen molar-refractivity contribution in [3.05, 3.63) is 41.7 Å². The molecule has 110 valence electrons. The lowest BCUT2D eigenvalue weighted by Crippen LogP contribution is -2.37. The van der Waals surface area contributed by atoms with Gasteiger partial charge in [0.05, 0.1) is 5.75 Å². The first-order chi connectivity index (χ1) is 10.1. The zero-order valence-electron chi connectivity index (χ0n) is 11.0. The molecule has 5 nitrogen and oxygen atoms in total. The van der Waals surface area contributed by atoms with Crippen LogP contribution >= 0.6 is 11.8 Å². The third-order valence-electron chi connectivity index (χ3n) is 2.75. The molecule has 1 fully saturated rings. The van der Waals surface area contributed by atoms with E-state index in [1.165, 1.54) is 24.3 Å². The van der Waals surface area contributed by atoms with Gasteiger partial charge in [-0.05, 0) is 23.8 Å². The van der Waals surface area contributed by atoms with Crippen LogP contribution in [0.15, 0.2) is 30.3 Å². The Morgan fingerprint density at radius 3 is 2.90 bits per heavy atom. The maximum atomic E-state index is 12.9. The van der Waals surface area contributed by atoms with Crippen molar-refractivity contribution in [1.29, 1.82) is 0 Å². The van der Waals surface area contributed by atoms with Crippen molar-refractivity contribution >= 4 is 34.9 Å². The lowest BCUT2D eigenvalue weighted by atomic mass is 10.2. The number of imide groups is 1. The van der Waals surface area contributed by atoms with Gasteiger partial charge >= 0.3 is 0 Å². The third kappa shape index (κ3) is 4.42. The summed E-state index contributed by atoms with van der Waals surface area (Å²) in [5.41, 5.74) is 0.575. The van der Waals surface area contributed by atoms with E-state index in [2.05, 4.69) is 5.32 Å². The Bertz CT molecular complexity index is 588. The minimum absolute atomic E-state index is 0.157. The van der Waals surface area contributed by atoms with E-state index in [0.717, 1.165) is 16.7 Å². The Hall–Kier alpha value is -2.15. The molecule has 1 aliphatic heterocycles. The molecule has 21 heavy (non-hydrogen) atoms. The summed E-state index contributed by atoms with van der Waals surface area (Å²) in [4.78, 5) is 35.3. The molecule has 0 radical (unpaired) electrons. The number of nitrogens with zero attached hydrogens (tertiary/aromatic N) is 1. The summed E-state index contributed by atoms with van der Waals surface area (Å²) in [5.74, 6) is -0.826. The van der Waals surface area contributed by atoms with Crippen LogP contribution in [-0.4, -0.2) is 40.8 Å². The summed E-state index contributed by atoms with van der Waals surface area (Å²) in [6, 6.07) is 5.85. The molecule has 7 heteroatoms. The van der Waals surface area contributed by atoms with E-state index in [1.54, 1.807) is 12.1 Å². The Balaban J connectivity index is 1.77. The predicted molar refractivity (Wildman–Crippen MR) is 78.0 cm³/mol. The number of benzene rings is 1. The van der Waals surface area contributed by atoms with Crippen molar-refractivity contribution in [2.75, 3.05) is 18.8 Å². The Kier molecular flexibility index (Phi) is 5.10. The molecule has 0 aliphatic carbocycles. The first-order valence-corrected chi connectivity index (χ1v) is 7.23. The Labute approximate surface area is 125 Å². The minimum Gasteiger partial charge on any atom is -0.351 e. The summed E-state index contributed by atoms with van der Waals surface area (Å²) >= 11 is 0.956. The second-order valence-electron chi connectivity index (χ2n) is 4.28. The van der Waals surface area contributed by atoms with Crippen LogP contribution in [0.3, 0.4) is 0 Å². The molecule has 1 N–H and O–H groups in total. The highest BCUT2D eigenvalue weighted by Gasteiger charge is 2.29. The van der Waals surface area contributed by atoms with Gasteiger partial charge in [-0.25, -0.2) is 4.39 Å². The van der Waals surface area contributed by atoms with Gasteiger partial charge in [-0.15, -0.1) is 0 Å². The van der Waals surface area contributed by atoms with Crippen LogP contribution in [0.4, 0.5) is 9.18 Å². The molecule has 0 spiro atoms. The number of nitrogens with one attached hydrogen (secondary N) is 1. The van der Waals surface area contributed by atoms with Crippen LogP contribution < -0.4 is 5.32 Å². The van der Waals surface area contributed by atoms with Crippen LogP contribution in [0.5, 0.6) is 0 Å². The van der Waals surface area contributed by atoms with Gasteiger partial charge in [-0.3, -0.25) is 19.3 Å². The van der Waals surface area contributed by atoms with Gasteiger partial charge in [0.25, 0.3) is 5.24 Å². The van der Waals surface area contributed by atoms with Gasteiger partial charge in [0.1, 0.15) is 5.82 Å². The van der Waals surface area contributed by atoms with E-state index in [1.807, 2.05) is 0 Å². The number of rotatable bonds is 5. The summed E-state index contributed by atoms with van der Waals surface area (Å²) in [7, 11) is 0. The molecular formula is C14H13FN2O3S. The normalized spacial score (nSPS) is 15.0.